The van der Waals surface area contributed by atoms with E-state index in [9.17, 15) is 4.57 Å². The van der Waals surface area contributed by atoms with Gasteiger partial charge in [0.25, 0.3) is 0 Å². The Bertz CT molecular complexity index is 892. The molecule has 0 fully saturated rings. The highest BCUT2D eigenvalue weighted by Gasteiger charge is 2.29. The standard InChI is InChI=1S/C20H19ClNO3P/c1-15-5-3-7-19(13-15)24-26(23,22-18-11-9-17(21)10-12-18)25-20-8-4-6-16(2)14-20/h3-14H,1-2H3,(H,22,23). The van der Waals surface area contributed by atoms with Crippen LogP contribution in [0.25, 0.3) is 0 Å². The number of nitrogens with one attached hydrogen (secondary N) is 1. The smallest absolute Gasteiger partial charge is 0.400 e. The summed E-state index contributed by atoms with van der Waals surface area (Å²) in [6.07, 6.45) is 0. The van der Waals surface area contributed by atoms with Gasteiger partial charge in [0.2, 0.25) is 0 Å². The van der Waals surface area contributed by atoms with Gasteiger partial charge in [0.05, 0.1) is 0 Å². The molecule has 4 nitrogen and oxygen atoms in total. The molecule has 0 spiro atoms. The van der Waals surface area contributed by atoms with Crippen molar-refractivity contribution in [1.29, 1.82) is 0 Å². The Hall–Kier alpha value is -2.42. The molecule has 0 aliphatic carbocycles. The highest BCUT2D eigenvalue weighted by Crippen LogP contribution is 2.48. The first kappa shape index (κ1) is 18.4. The van der Waals surface area contributed by atoms with Crippen LogP contribution >= 0.6 is 19.3 Å². The Balaban J connectivity index is 1.91. The number of benzene rings is 3. The molecule has 0 bridgehead atoms. The van der Waals surface area contributed by atoms with Gasteiger partial charge in [-0.2, -0.15) is 0 Å². The fourth-order valence-electron chi connectivity index (χ4n) is 2.37. The highest BCUT2D eigenvalue weighted by molar-refractivity contribution is 7.56. The average Bonchev–Trinajstić information content (AvgIpc) is 2.57. The topological polar surface area (TPSA) is 47.6 Å². The van der Waals surface area contributed by atoms with E-state index in [1.54, 1.807) is 48.5 Å². The van der Waals surface area contributed by atoms with E-state index < -0.39 is 7.75 Å². The summed E-state index contributed by atoms with van der Waals surface area (Å²) in [6, 6.07) is 21.5. The molecule has 0 radical (unpaired) electrons. The first-order valence-electron chi connectivity index (χ1n) is 8.08. The summed E-state index contributed by atoms with van der Waals surface area (Å²) < 4.78 is 24.9. The second kappa shape index (κ2) is 7.86. The third kappa shape index (κ3) is 5.04. The molecule has 0 heterocycles. The fourth-order valence-corrected chi connectivity index (χ4v) is 3.87. The molecule has 0 saturated heterocycles. The predicted octanol–water partition coefficient (Wildman–Crippen LogP) is 6.63. The molecule has 3 aromatic carbocycles. The molecular formula is C20H19ClNO3P. The van der Waals surface area contributed by atoms with E-state index in [4.69, 9.17) is 20.6 Å². The van der Waals surface area contributed by atoms with Crippen LogP contribution in [-0.2, 0) is 4.57 Å². The van der Waals surface area contributed by atoms with E-state index in [1.165, 1.54) is 0 Å². The number of rotatable bonds is 6. The van der Waals surface area contributed by atoms with Crippen molar-refractivity contribution < 1.29 is 13.6 Å². The van der Waals surface area contributed by atoms with Crippen molar-refractivity contribution in [2.45, 2.75) is 13.8 Å². The maximum atomic E-state index is 13.4. The van der Waals surface area contributed by atoms with E-state index >= 15 is 0 Å². The molecule has 3 aromatic rings. The van der Waals surface area contributed by atoms with Gasteiger partial charge in [0.1, 0.15) is 11.5 Å². The second-order valence-corrected chi connectivity index (χ2v) is 7.95. The van der Waals surface area contributed by atoms with Gasteiger partial charge < -0.3 is 9.05 Å². The van der Waals surface area contributed by atoms with Gasteiger partial charge in [-0.05, 0) is 73.5 Å². The Kier molecular flexibility index (Phi) is 5.55. The lowest BCUT2D eigenvalue weighted by atomic mass is 10.2. The van der Waals surface area contributed by atoms with Crippen LogP contribution in [-0.4, -0.2) is 0 Å². The second-order valence-electron chi connectivity index (χ2n) is 5.93. The lowest BCUT2D eigenvalue weighted by Crippen LogP contribution is -2.10. The van der Waals surface area contributed by atoms with E-state index in [-0.39, 0.29) is 0 Å². The van der Waals surface area contributed by atoms with Gasteiger partial charge in [-0.15, -0.1) is 0 Å². The van der Waals surface area contributed by atoms with Crippen molar-refractivity contribution in [1.82, 2.24) is 0 Å². The van der Waals surface area contributed by atoms with Crippen LogP contribution < -0.4 is 14.1 Å². The highest BCUT2D eigenvalue weighted by atomic mass is 35.5. The third-order valence-electron chi connectivity index (χ3n) is 3.54. The molecule has 0 amide bonds. The Morgan fingerprint density at radius 1 is 0.808 bits per heavy atom. The zero-order valence-corrected chi connectivity index (χ0v) is 16.1. The van der Waals surface area contributed by atoms with Gasteiger partial charge in [0, 0.05) is 10.7 Å². The fraction of sp³-hybridized carbons (Fsp3) is 0.100. The normalized spacial score (nSPS) is 11.0. The van der Waals surface area contributed by atoms with Gasteiger partial charge in [0.15, 0.2) is 0 Å². The number of halogens is 1. The molecule has 0 saturated carbocycles. The monoisotopic (exact) mass is 387 g/mol. The SMILES string of the molecule is Cc1cccc(OP(=O)(Nc2ccc(Cl)cc2)Oc2cccc(C)c2)c1. The van der Waals surface area contributed by atoms with Crippen LogP contribution in [0.3, 0.4) is 0 Å². The maximum absolute atomic E-state index is 13.4. The molecule has 26 heavy (non-hydrogen) atoms. The van der Waals surface area contributed by atoms with Crippen LogP contribution in [0.4, 0.5) is 5.69 Å². The largest absolute Gasteiger partial charge is 0.541 e. The van der Waals surface area contributed by atoms with Crippen molar-refractivity contribution in [2.24, 2.45) is 0 Å². The molecule has 0 unspecified atom stereocenters. The number of aryl methyl sites for hydroxylation is 2. The zero-order valence-electron chi connectivity index (χ0n) is 14.5. The third-order valence-corrected chi connectivity index (χ3v) is 5.23. The lowest BCUT2D eigenvalue weighted by molar-refractivity contribution is 0.392. The summed E-state index contributed by atoms with van der Waals surface area (Å²) in [6.45, 7) is 3.87. The minimum Gasteiger partial charge on any atom is -0.400 e. The van der Waals surface area contributed by atoms with Crippen LogP contribution in [0.2, 0.25) is 5.02 Å². The molecule has 0 aromatic heterocycles. The minimum absolute atomic E-state index is 0.461. The lowest BCUT2D eigenvalue weighted by Gasteiger charge is -2.21. The predicted molar refractivity (Wildman–Crippen MR) is 106 cm³/mol. The summed E-state index contributed by atoms with van der Waals surface area (Å²) in [5.41, 5.74) is 2.57. The van der Waals surface area contributed by atoms with Crippen molar-refractivity contribution in [3.05, 3.63) is 88.9 Å². The maximum Gasteiger partial charge on any atom is 0.541 e. The first-order chi connectivity index (χ1) is 12.4. The van der Waals surface area contributed by atoms with Gasteiger partial charge in [-0.1, -0.05) is 35.9 Å². The van der Waals surface area contributed by atoms with Crippen molar-refractivity contribution >= 4 is 25.0 Å². The zero-order chi connectivity index (χ0) is 18.6. The number of anilines is 1. The Labute approximate surface area is 158 Å². The van der Waals surface area contributed by atoms with E-state index in [0.717, 1.165) is 11.1 Å². The Morgan fingerprint density at radius 2 is 1.31 bits per heavy atom. The summed E-state index contributed by atoms with van der Waals surface area (Å²) >= 11 is 5.92. The molecule has 6 heteroatoms. The number of hydrogen-bond donors (Lipinski definition) is 1. The van der Waals surface area contributed by atoms with Gasteiger partial charge >= 0.3 is 7.75 Å². The van der Waals surface area contributed by atoms with Crippen LogP contribution in [0.5, 0.6) is 11.5 Å². The minimum atomic E-state index is -3.73. The summed E-state index contributed by atoms with van der Waals surface area (Å²) in [7, 11) is -3.73. The van der Waals surface area contributed by atoms with Crippen LogP contribution in [0.1, 0.15) is 11.1 Å². The first-order valence-corrected chi connectivity index (χ1v) is 10.0. The molecule has 3 rings (SSSR count). The molecular weight excluding hydrogens is 369 g/mol. The molecule has 0 aliphatic heterocycles. The van der Waals surface area contributed by atoms with Crippen molar-refractivity contribution in [3.8, 4) is 11.5 Å². The number of hydrogen-bond acceptors (Lipinski definition) is 3. The summed E-state index contributed by atoms with van der Waals surface area (Å²) in [5.74, 6) is 0.921. The van der Waals surface area contributed by atoms with E-state index in [0.29, 0.717) is 22.2 Å². The molecule has 0 atom stereocenters. The summed E-state index contributed by atoms with van der Waals surface area (Å²) in [4.78, 5) is 0. The molecule has 0 aliphatic rings. The quantitative estimate of drug-likeness (QED) is 0.482. The molecule has 1 N–H and O–H groups in total. The van der Waals surface area contributed by atoms with E-state index in [2.05, 4.69) is 5.09 Å². The van der Waals surface area contributed by atoms with Crippen LogP contribution in [0.15, 0.2) is 72.8 Å². The van der Waals surface area contributed by atoms with Gasteiger partial charge in [-0.25, -0.2) is 4.57 Å². The van der Waals surface area contributed by atoms with Gasteiger partial charge in [-0.3, -0.25) is 5.09 Å². The average molecular weight is 388 g/mol. The van der Waals surface area contributed by atoms with E-state index in [1.807, 2.05) is 38.1 Å². The Morgan fingerprint density at radius 3 is 1.77 bits per heavy atom. The molecule has 134 valence electrons. The van der Waals surface area contributed by atoms with Crippen molar-refractivity contribution in [3.63, 3.8) is 0 Å². The van der Waals surface area contributed by atoms with Crippen LogP contribution in [0, 0.1) is 13.8 Å². The van der Waals surface area contributed by atoms with Crippen molar-refractivity contribution in [2.75, 3.05) is 5.09 Å². The summed E-state index contributed by atoms with van der Waals surface area (Å²) in [5, 5.41) is 3.46.